The summed E-state index contributed by atoms with van der Waals surface area (Å²) in [5.74, 6) is 0. The Morgan fingerprint density at radius 1 is 1.50 bits per heavy atom. The Hall–Kier alpha value is -0.630. The number of halogens is 3. The standard InChI is InChI=1S/C4H5F3O4S/c5-3(1-2-8)4(6,7)12(9,10)11/h2-3H,1H2,(H,9,10,11)/p-1. The highest BCUT2D eigenvalue weighted by molar-refractivity contribution is 7.86. The quantitative estimate of drug-likeness (QED) is 0.480. The van der Waals surface area contributed by atoms with Crippen LogP contribution in [-0.4, -0.2) is 30.7 Å². The molecule has 0 radical (unpaired) electrons. The molecule has 1 atom stereocenters. The molecule has 0 aliphatic carbocycles. The number of rotatable bonds is 4. The van der Waals surface area contributed by atoms with E-state index in [1.807, 2.05) is 0 Å². The van der Waals surface area contributed by atoms with E-state index in [0.29, 0.717) is 0 Å². The molecule has 0 fully saturated rings. The van der Waals surface area contributed by atoms with Gasteiger partial charge < -0.3 is 9.35 Å². The summed E-state index contributed by atoms with van der Waals surface area (Å²) in [7, 11) is -6.04. The van der Waals surface area contributed by atoms with Crippen LogP contribution >= 0.6 is 0 Å². The second-order valence-electron chi connectivity index (χ2n) is 1.89. The van der Waals surface area contributed by atoms with Crippen LogP contribution in [0.4, 0.5) is 13.2 Å². The molecule has 0 aliphatic rings. The van der Waals surface area contributed by atoms with Crippen molar-refractivity contribution in [3.63, 3.8) is 0 Å². The number of alkyl halides is 3. The van der Waals surface area contributed by atoms with Gasteiger partial charge in [-0.3, -0.25) is 0 Å². The molecule has 4 nitrogen and oxygen atoms in total. The number of hydrogen-bond acceptors (Lipinski definition) is 4. The Morgan fingerprint density at radius 2 is 1.92 bits per heavy atom. The lowest BCUT2D eigenvalue weighted by Gasteiger charge is -2.21. The van der Waals surface area contributed by atoms with Gasteiger partial charge in [0, 0.05) is 6.42 Å². The van der Waals surface area contributed by atoms with Crippen LogP contribution < -0.4 is 0 Å². The first kappa shape index (κ1) is 11.4. The molecular weight excluding hydrogens is 201 g/mol. The van der Waals surface area contributed by atoms with Crippen LogP contribution in [0.1, 0.15) is 6.42 Å². The minimum Gasteiger partial charge on any atom is -0.743 e. The number of aldehydes is 1. The molecule has 8 heteroatoms. The summed E-state index contributed by atoms with van der Waals surface area (Å²) in [4.78, 5) is 9.52. The molecule has 0 N–H and O–H groups in total. The van der Waals surface area contributed by atoms with Gasteiger partial charge in [0.15, 0.2) is 16.3 Å². The number of carbonyl (C=O) groups is 1. The van der Waals surface area contributed by atoms with Crippen LogP contribution in [0.15, 0.2) is 0 Å². The van der Waals surface area contributed by atoms with Gasteiger partial charge in [0.2, 0.25) is 0 Å². The Labute approximate surface area is 66.1 Å². The van der Waals surface area contributed by atoms with Gasteiger partial charge in [-0.2, -0.15) is 8.78 Å². The third-order valence-corrected chi connectivity index (χ3v) is 1.92. The van der Waals surface area contributed by atoms with Crippen molar-refractivity contribution < 1.29 is 30.9 Å². The van der Waals surface area contributed by atoms with E-state index in [2.05, 4.69) is 0 Å². The van der Waals surface area contributed by atoms with Crippen molar-refractivity contribution in [1.29, 1.82) is 0 Å². The van der Waals surface area contributed by atoms with Crippen molar-refractivity contribution in [2.24, 2.45) is 0 Å². The van der Waals surface area contributed by atoms with Gasteiger partial charge in [-0.15, -0.1) is 0 Å². The largest absolute Gasteiger partial charge is 0.743 e. The van der Waals surface area contributed by atoms with Crippen LogP contribution in [-0.2, 0) is 14.9 Å². The SMILES string of the molecule is O=CCC(F)C(F)(F)S(=O)(=O)[O-]. The summed E-state index contributed by atoms with van der Waals surface area (Å²) in [6.45, 7) is 0. The monoisotopic (exact) mass is 205 g/mol. The molecule has 0 aromatic heterocycles. The third kappa shape index (κ3) is 2.18. The zero-order chi connectivity index (χ0) is 9.99. The Kier molecular flexibility index (Phi) is 3.22. The Bertz CT molecular complexity index is 259. The van der Waals surface area contributed by atoms with Gasteiger partial charge in [-0.25, -0.2) is 12.8 Å². The molecule has 12 heavy (non-hydrogen) atoms. The van der Waals surface area contributed by atoms with Crippen molar-refractivity contribution in [1.82, 2.24) is 0 Å². The highest BCUT2D eigenvalue weighted by atomic mass is 32.2. The molecule has 1 unspecified atom stereocenters. The van der Waals surface area contributed by atoms with Crippen LogP contribution in [0, 0.1) is 0 Å². The molecule has 0 aromatic rings. The minimum atomic E-state index is -6.04. The van der Waals surface area contributed by atoms with E-state index in [1.165, 1.54) is 0 Å². The first-order chi connectivity index (χ1) is 5.23. The Balaban J connectivity index is 4.73. The van der Waals surface area contributed by atoms with Crippen LogP contribution in [0.5, 0.6) is 0 Å². The van der Waals surface area contributed by atoms with E-state index in [4.69, 9.17) is 0 Å². The molecule has 0 heterocycles. The van der Waals surface area contributed by atoms with E-state index in [-0.39, 0.29) is 6.29 Å². The minimum absolute atomic E-state index is 0.232. The topological polar surface area (TPSA) is 74.3 Å². The molecule has 0 saturated carbocycles. The molecular formula is C4H4F3O4S-. The van der Waals surface area contributed by atoms with Gasteiger partial charge in [0.25, 0.3) is 0 Å². The predicted molar refractivity (Wildman–Crippen MR) is 30.2 cm³/mol. The average Bonchev–Trinajstić information content (AvgIpc) is 1.85. The molecule has 0 rings (SSSR count). The second kappa shape index (κ2) is 3.40. The van der Waals surface area contributed by atoms with E-state index in [0.717, 1.165) is 0 Å². The fourth-order valence-electron chi connectivity index (χ4n) is 0.378. The van der Waals surface area contributed by atoms with Crippen molar-refractivity contribution in [3.8, 4) is 0 Å². The zero-order valence-corrected chi connectivity index (χ0v) is 6.35. The van der Waals surface area contributed by atoms with Crippen molar-refractivity contribution in [3.05, 3.63) is 0 Å². The van der Waals surface area contributed by atoms with Gasteiger partial charge >= 0.3 is 5.25 Å². The van der Waals surface area contributed by atoms with E-state index >= 15 is 0 Å². The predicted octanol–water partition coefficient (Wildman–Crippen LogP) is 0.0515. The highest BCUT2D eigenvalue weighted by Crippen LogP contribution is 2.28. The first-order valence-electron chi connectivity index (χ1n) is 2.64. The van der Waals surface area contributed by atoms with E-state index in [1.54, 1.807) is 0 Å². The summed E-state index contributed by atoms with van der Waals surface area (Å²) in [6, 6.07) is 0. The molecule has 0 amide bonds. The van der Waals surface area contributed by atoms with E-state index < -0.39 is 28.0 Å². The average molecular weight is 205 g/mol. The Morgan fingerprint density at radius 3 is 2.17 bits per heavy atom. The smallest absolute Gasteiger partial charge is 0.365 e. The summed E-state index contributed by atoms with van der Waals surface area (Å²) in [5.41, 5.74) is 0. The van der Waals surface area contributed by atoms with Crippen molar-refractivity contribution >= 4 is 16.4 Å². The lowest BCUT2D eigenvalue weighted by Crippen LogP contribution is -2.38. The molecule has 72 valence electrons. The van der Waals surface area contributed by atoms with Crippen LogP contribution in [0.2, 0.25) is 0 Å². The van der Waals surface area contributed by atoms with Gasteiger partial charge in [0.05, 0.1) is 0 Å². The molecule has 0 aromatic carbocycles. The zero-order valence-electron chi connectivity index (χ0n) is 5.54. The normalized spacial score (nSPS) is 15.7. The first-order valence-corrected chi connectivity index (χ1v) is 4.05. The summed E-state index contributed by atoms with van der Waals surface area (Å²) in [5, 5.41) is -5.03. The van der Waals surface area contributed by atoms with Crippen LogP contribution in [0.3, 0.4) is 0 Å². The number of carbonyl (C=O) groups excluding carboxylic acids is 1. The van der Waals surface area contributed by atoms with Crippen molar-refractivity contribution in [2.45, 2.75) is 17.8 Å². The maximum atomic E-state index is 12.1. The lowest BCUT2D eigenvalue weighted by molar-refractivity contribution is -0.111. The molecule has 0 bridgehead atoms. The lowest BCUT2D eigenvalue weighted by atomic mass is 10.3. The summed E-state index contributed by atoms with van der Waals surface area (Å²) >= 11 is 0. The third-order valence-electron chi connectivity index (χ3n) is 1.00. The number of hydrogen-bond donors (Lipinski definition) is 0. The van der Waals surface area contributed by atoms with Gasteiger partial charge in [-0.05, 0) is 0 Å². The van der Waals surface area contributed by atoms with E-state index in [9.17, 15) is 30.9 Å². The maximum Gasteiger partial charge on any atom is 0.365 e. The fraction of sp³-hybridized carbons (Fsp3) is 0.750. The van der Waals surface area contributed by atoms with Gasteiger partial charge in [-0.1, -0.05) is 0 Å². The fourth-order valence-corrected chi connectivity index (χ4v) is 0.788. The maximum absolute atomic E-state index is 12.1. The van der Waals surface area contributed by atoms with Crippen molar-refractivity contribution in [2.75, 3.05) is 0 Å². The molecule has 0 spiro atoms. The highest BCUT2D eigenvalue weighted by Gasteiger charge is 2.46. The summed E-state index contributed by atoms with van der Waals surface area (Å²) in [6.07, 6.45) is -4.84. The molecule has 0 saturated heterocycles. The second-order valence-corrected chi connectivity index (χ2v) is 3.34. The van der Waals surface area contributed by atoms with Crippen LogP contribution in [0.25, 0.3) is 0 Å². The van der Waals surface area contributed by atoms with Gasteiger partial charge in [0.1, 0.15) is 6.29 Å². The molecule has 0 aliphatic heterocycles. The summed E-state index contributed by atoms with van der Waals surface area (Å²) < 4.78 is 65.4.